The van der Waals surface area contributed by atoms with E-state index in [0.717, 1.165) is 48.3 Å². The zero-order valence-corrected chi connectivity index (χ0v) is 14.1. The molecule has 1 amide bonds. The van der Waals surface area contributed by atoms with Crippen LogP contribution in [0.3, 0.4) is 0 Å². The average molecular weight is 308 g/mol. The fourth-order valence-electron chi connectivity index (χ4n) is 2.34. The van der Waals surface area contributed by atoms with Crippen molar-refractivity contribution in [3.63, 3.8) is 0 Å². The predicted molar refractivity (Wildman–Crippen MR) is 88.5 cm³/mol. The zero-order chi connectivity index (χ0) is 16.5. The van der Waals surface area contributed by atoms with Gasteiger partial charge in [-0.3, -0.25) is 4.79 Å². The maximum Gasteiger partial charge on any atom is 0.236 e. The summed E-state index contributed by atoms with van der Waals surface area (Å²) in [5, 5.41) is 2.82. The molecule has 0 aliphatic rings. The van der Waals surface area contributed by atoms with Crippen LogP contribution in [0.4, 0.5) is 0 Å². The summed E-state index contributed by atoms with van der Waals surface area (Å²) in [7, 11) is 3.36. The Labute approximate surface area is 133 Å². The van der Waals surface area contributed by atoms with Crippen molar-refractivity contribution >= 4 is 5.91 Å². The van der Waals surface area contributed by atoms with Crippen LogP contribution in [-0.4, -0.2) is 32.7 Å². The van der Waals surface area contributed by atoms with Crippen LogP contribution in [0.15, 0.2) is 12.1 Å². The summed E-state index contributed by atoms with van der Waals surface area (Å²) in [6.07, 6.45) is 3.88. The highest BCUT2D eigenvalue weighted by Crippen LogP contribution is 2.31. The number of methoxy groups -OCH3 is 2. The fraction of sp³-hybridized carbons (Fsp3) is 0.588. The van der Waals surface area contributed by atoms with Crippen LogP contribution in [-0.2, 0) is 11.2 Å². The molecule has 0 saturated carbocycles. The summed E-state index contributed by atoms with van der Waals surface area (Å²) in [5.74, 6) is 1.66. The van der Waals surface area contributed by atoms with Crippen molar-refractivity contribution in [2.75, 3.05) is 20.8 Å². The van der Waals surface area contributed by atoms with E-state index in [-0.39, 0.29) is 5.91 Å². The van der Waals surface area contributed by atoms with Crippen molar-refractivity contribution in [2.24, 2.45) is 5.73 Å². The lowest BCUT2D eigenvalue weighted by atomic mass is 10.0. The third-order valence-electron chi connectivity index (χ3n) is 3.57. The molecular weight excluding hydrogens is 280 g/mol. The Morgan fingerprint density at radius 3 is 2.27 bits per heavy atom. The number of nitrogens with two attached hydrogens (primary N) is 1. The number of unbranched alkanes of at least 4 members (excludes halogenated alkanes) is 2. The molecule has 1 aromatic rings. The lowest BCUT2D eigenvalue weighted by Crippen LogP contribution is -2.38. The van der Waals surface area contributed by atoms with E-state index in [1.807, 2.05) is 19.1 Å². The second kappa shape index (κ2) is 9.30. The highest BCUT2D eigenvalue weighted by molar-refractivity contribution is 5.80. The largest absolute Gasteiger partial charge is 0.496 e. The van der Waals surface area contributed by atoms with Crippen LogP contribution in [0.25, 0.3) is 0 Å². The normalized spacial score (nSPS) is 11.9. The summed E-state index contributed by atoms with van der Waals surface area (Å²) in [6, 6.07) is 3.61. The number of carbonyl (C=O) groups excluding carboxylic acids is 1. The topological polar surface area (TPSA) is 73.6 Å². The average Bonchev–Trinajstić information content (AvgIpc) is 2.50. The van der Waals surface area contributed by atoms with Gasteiger partial charge in [-0.05, 0) is 50.8 Å². The van der Waals surface area contributed by atoms with Gasteiger partial charge in [-0.25, -0.2) is 0 Å². The van der Waals surface area contributed by atoms with Crippen LogP contribution >= 0.6 is 0 Å². The van der Waals surface area contributed by atoms with E-state index >= 15 is 0 Å². The van der Waals surface area contributed by atoms with E-state index in [1.54, 1.807) is 21.1 Å². The summed E-state index contributed by atoms with van der Waals surface area (Å²) >= 11 is 0. The number of hydrogen-bond acceptors (Lipinski definition) is 4. The molecule has 0 radical (unpaired) electrons. The van der Waals surface area contributed by atoms with Crippen LogP contribution in [0.5, 0.6) is 11.5 Å². The summed E-state index contributed by atoms with van der Waals surface area (Å²) in [6.45, 7) is 4.38. The van der Waals surface area contributed by atoms with E-state index in [4.69, 9.17) is 15.2 Å². The molecule has 0 fully saturated rings. The lowest BCUT2D eigenvalue weighted by molar-refractivity contribution is -0.121. The fourth-order valence-corrected chi connectivity index (χ4v) is 2.34. The smallest absolute Gasteiger partial charge is 0.236 e. The molecule has 0 bridgehead atoms. The highest BCUT2D eigenvalue weighted by Gasteiger charge is 2.11. The number of rotatable bonds is 9. The van der Waals surface area contributed by atoms with Gasteiger partial charge in [0.25, 0.3) is 0 Å². The SMILES string of the molecule is COc1cc(C)cc(OC)c1CCCCCNC(=O)[C@@H](C)N. The van der Waals surface area contributed by atoms with Gasteiger partial charge in [-0.15, -0.1) is 0 Å². The van der Waals surface area contributed by atoms with Gasteiger partial charge in [0.05, 0.1) is 20.3 Å². The molecule has 0 heterocycles. The van der Waals surface area contributed by atoms with Crippen molar-refractivity contribution < 1.29 is 14.3 Å². The second-order valence-electron chi connectivity index (χ2n) is 5.54. The van der Waals surface area contributed by atoms with Gasteiger partial charge < -0.3 is 20.5 Å². The Bertz CT molecular complexity index is 462. The van der Waals surface area contributed by atoms with Crippen molar-refractivity contribution in [1.29, 1.82) is 0 Å². The quantitative estimate of drug-likeness (QED) is 0.686. The molecule has 0 spiro atoms. The van der Waals surface area contributed by atoms with Crippen LogP contribution < -0.4 is 20.5 Å². The monoisotopic (exact) mass is 308 g/mol. The van der Waals surface area contributed by atoms with Gasteiger partial charge in [0.2, 0.25) is 5.91 Å². The minimum absolute atomic E-state index is 0.0955. The van der Waals surface area contributed by atoms with Gasteiger partial charge in [-0.2, -0.15) is 0 Å². The number of nitrogens with one attached hydrogen (secondary N) is 1. The Morgan fingerprint density at radius 2 is 1.77 bits per heavy atom. The summed E-state index contributed by atoms with van der Waals surface area (Å²) < 4.78 is 10.9. The van der Waals surface area contributed by atoms with Crippen LogP contribution in [0, 0.1) is 6.92 Å². The van der Waals surface area contributed by atoms with Gasteiger partial charge >= 0.3 is 0 Å². The number of benzene rings is 1. The molecule has 22 heavy (non-hydrogen) atoms. The first-order valence-corrected chi connectivity index (χ1v) is 7.74. The first kappa shape index (κ1) is 18.3. The standard InChI is InChI=1S/C17H28N2O3/c1-12-10-15(21-3)14(16(11-12)22-4)8-6-5-7-9-19-17(20)13(2)18/h10-11,13H,5-9,18H2,1-4H3,(H,19,20)/t13-/m1/s1. The summed E-state index contributed by atoms with van der Waals surface area (Å²) in [4.78, 5) is 11.3. The van der Waals surface area contributed by atoms with Gasteiger partial charge in [-0.1, -0.05) is 6.42 Å². The molecular formula is C17H28N2O3. The Kier molecular flexibility index (Phi) is 7.74. The number of amides is 1. The van der Waals surface area contributed by atoms with E-state index < -0.39 is 6.04 Å². The van der Waals surface area contributed by atoms with Crippen molar-refractivity contribution in [3.8, 4) is 11.5 Å². The molecule has 1 aromatic carbocycles. The molecule has 124 valence electrons. The van der Waals surface area contributed by atoms with Crippen molar-refractivity contribution in [3.05, 3.63) is 23.3 Å². The van der Waals surface area contributed by atoms with E-state index in [2.05, 4.69) is 5.32 Å². The third-order valence-corrected chi connectivity index (χ3v) is 3.57. The molecule has 0 aromatic heterocycles. The minimum atomic E-state index is -0.443. The molecule has 0 saturated heterocycles. The number of carbonyl (C=O) groups is 1. The molecule has 0 aliphatic carbocycles. The van der Waals surface area contributed by atoms with E-state index in [1.165, 1.54) is 0 Å². The Morgan fingerprint density at radius 1 is 1.18 bits per heavy atom. The van der Waals surface area contributed by atoms with E-state index in [0.29, 0.717) is 6.54 Å². The molecule has 0 aliphatic heterocycles. The van der Waals surface area contributed by atoms with Gasteiger partial charge in [0.15, 0.2) is 0 Å². The molecule has 1 atom stereocenters. The second-order valence-corrected chi connectivity index (χ2v) is 5.54. The van der Waals surface area contributed by atoms with Crippen LogP contribution in [0.1, 0.15) is 37.3 Å². The Hall–Kier alpha value is -1.75. The number of ether oxygens (including phenoxy) is 2. The van der Waals surface area contributed by atoms with E-state index in [9.17, 15) is 4.79 Å². The van der Waals surface area contributed by atoms with Crippen LogP contribution in [0.2, 0.25) is 0 Å². The predicted octanol–water partition coefficient (Wildman–Crippen LogP) is 2.19. The molecule has 0 unspecified atom stereocenters. The van der Waals surface area contributed by atoms with Crippen molar-refractivity contribution in [2.45, 2.75) is 45.6 Å². The molecule has 1 rings (SSSR count). The first-order valence-electron chi connectivity index (χ1n) is 7.74. The highest BCUT2D eigenvalue weighted by atomic mass is 16.5. The zero-order valence-electron chi connectivity index (χ0n) is 14.1. The maximum absolute atomic E-state index is 11.3. The first-order chi connectivity index (χ1) is 10.5. The third kappa shape index (κ3) is 5.56. The Balaban J connectivity index is 2.43. The van der Waals surface area contributed by atoms with Crippen molar-refractivity contribution in [1.82, 2.24) is 5.32 Å². The molecule has 5 heteroatoms. The van der Waals surface area contributed by atoms with Gasteiger partial charge in [0.1, 0.15) is 11.5 Å². The number of hydrogen-bond donors (Lipinski definition) is 2. The lowest BCUT2D eigenvalue weighted by Gasteiger charge is -2.14. The maximum atomic E-state index is 11.3. The minimum Gasteiger partial charge on any atom is -0.496 e. The number of aryl methyl sites for hydroxylation is 1. The molecule has 5 nitrogen and oxygen atoms in total. The summed E-state index contributed by atoms with van der Waals surface area (Å²) in [5.41, 5.74) is 7.72. The van der Waals surface area contributed by atoms with Gasteiger partial charge in [0, 0.05) is 12.1 Å². The molecule has 3 N–H and O–H groups in total.